The first-order chi connectivity index (χ1) is 28.6. The lowest BCUT2D eigenvalue weighted by Crippen LogP contribution is -1.92. The lowest BCUT2D eigenvalue weighted by molar-refractivity contribution is 0.415. The zero-order valence-electron chi connectivity index (χ0n) is 36.3. The fourth-order valence-electron chi connectivity index (χ4n) is 6.50. The maximum atomic E-state index is 9.31. The van der Waals surface area contributed by atoms with E-state index >= 15 is 0 Å². The van der Waals surface area contributed by atoms with Crippen LogP contribution in [-0.4, -0.2) is 29.4 Å². The van der Waals surface area contributed by atoms with E-state index in [1.54, 1.807) is 38.5 Å². The van der Waals surface area contributed by atoms with Crippen LogP contribution in [0.1, 0.15) is 72.4 Å². The molecule has 0 aliphatic heterocycles. The normalized spacial score (nSPS) is 10.4. The van der Waals surface area contributed by atoms with Crippen molar-refractivity contribution in [1.82, 2.24) is 4.98 Å². The summed E-state index contributed by atoms with van der Waals surface area (Å²) in [4.78, 5) is 3.38. The molecule has 9 aromatic rings. The second-order valence-electron chi connectivity index (χ2n) is 14.3. The van der Waals surface area contributed by atoms with E-state index in [1.807, 2.05) is 82.3 Å². The fraction of sp³-hybridized carbons (Fsp3) is 0.245. The molecule has 0 fully saturated rings. The van der Waals surface area contributed by atoms with E-state index in [4.69, 9.17) is 19.0 Å². The first kappa shape index (κ1) is 45.3. The molecule has 308 valence electrons. The van der Waals surface area contributed by atoms with Gasteiger partial charge < -0.3 is 29.1 Å². The van der Waals surface area contributed by atoms with Crippen LogP contribution in [0.25, 0.3) is 54.5 Å². The molecule has 59 heavy (non-hydrogen) atoms. The molecule has 0 amide bonds. The van der Waals surface area contributed by atoms with Crippen LogP contribution >= 0.6 is 0 Å². The van der Waals surface area contributed by atoms with E-state index in [2.05, 4.69) is 99.4 Å². The minimum Gasteiger partial charge on any atom is -0.508 e. The van der Waals surface area contributed by atoms with Crippen molar-refractivity contribution in [2.45, 2.75) is 67.7 Å². The van der Waals surface area contributed by atoms with Gasteiger partial charge in [-0.3, -0.25) is 0 Å². The number of methoxy groups -OCH3 is 2. The zero-order chi connectivity index (χ0) is 42.9. The molecule has 0 bridgehead atoms. The van der Waals surface area contributed by atoms with Crippen molar-refractivity contribution in [2.24, 2.45) is 5.92 Å². The van der Waals surface area contributed by atoms with Crippen molar-refractivity contribution in [3.8, 4) is 23.0 Å². The van der Waals surface area contributed by atoms with E-state index in [0.717, 1.165) is 45.2 Å². The van der Waals surface area contributed by atoms with Gasteiger partial charge in [-0.25, -0.2) is 0 Å². The van der Waals surface area contributed by atoms with Crippen LogP contribution in [0.2, 0.25) is 0 Å². The number of nitrogens with one attached hydrogen (secondary N) is 1. The van der Waals surface area contributed by atoms with Crippen LogP contribution < -0.4 is 9.47 Å². The van der Waals surface area contributed by atoms with E-state index in [0.29, 0.717) is 23.3 Å². The standard InChI is InChI=1S/C14H12O3.C13H14O.C12H9N.C10H14O.2C2H6/c1-15-9-3-5-13-11(7-9)12-8-10(16-2)4-6-14(12)17-13;1-9(2)10-3-4-12-8-13(14)6-5-11(12)7-10;1-3-7-11-9(5-1)10-6-2-4-8-12(10)13-11;1-8(2)7-9-3-5-10(11)6-4-9;2*1-2/h3-8H,1-2H3;3-9,14H,1-2H3;1-8,13H;3-6,8,11H,7H2,1-2H3;2*1-2H3. The Morgan fingerprint density at radius 3 is 1.47 bits per heavy atom. The molecule has 0 radical (unpaired) electrons. The smallest absolute Gasteiger partial charge is 0.135 e. The predicted octanol–water partition coefficient (Wildman–Crippen LogP) is 15.2. The molecule has 3 N–H and O–H groups in total. The van der Waals surface area contributed by atoms with Gasteiger partial charge in [0.25, 0.3) is 0 Å². The van der Waals surface area contributed by atoms with E-state index in [-0.39, 0.29) is 0 Å². The molecule has 2 heterocycles. The molecule has 0 saturated carbocycles. The number of phenolic OH excluding ortho intramolecular Hbond substituents is 2. The molecular weight excluding hydrogens is 731 g/mol. The van der Waals surface area contributed by atoms with Gasteiger partial charge >= 0.3 is 0 Å². The highest BCUT2D eigenvalue weighted by Gasteiger charge is 2.09. The van der Waals surface area contributed by atoms with Crippen molar-refractivity contribution in [1.29, 1.82) is 0 Å². The number of rotatable bonds is 5. The molecule has 6 nitrogen and oxygen atoms in total. The maximum Gasteiger partial charge on any atom is 0.135 e. The summed E-state index contributed by atoms with van der Waals surface area (Å²) in [6.07, 6.45) is 1.08. The Labute approximate surface area is 350 Å². The summed E-state index contributed by atoms with van der Waals surface area (Å²) >= 11 is 0. The topological polar surface area (TPSA) is 87.8 Å². The zero-order valence-corrected chi connectivity index (χ0v) is 36.3. The van der Waals surface area contributed by atoms with Gasteiger partial charge in [-0.05, 0) is 113 Å². The highest BCUT2D eigenvalue weighted by molar-refractivity contribution is 6.07. The Morgan fingerprint density at radius 1 is 0.508 bits per heavy atom. The second-order valence-corrected chi connectivity index (χ2v) is 14.3. The molecule has 0 spiro atoms. The van der Waals surface area contributed by atoms with Crippen molar-refractivity contribution in [3.63, 3.8) is 0 Å². The van der Waals surface area contributed by atoms with Crippen LogP contribution in [0.15, 0.2) is 150 Å². The van der Waals surface area contributed by atoms with Gasteiger partial charge in [0.15, 0.2) is 0 Å². The molecule has 6 heteroatoms. The molecule has 7 aromatic carbocycles. The number of fused-ring (bicyclic) bond motifs is 7. The van der Waals surface area contributed by atoms with Gasteiger partial charge in [0.2, 0.25) is 0 Å². The number of aromatic nitrogens is 1. The van der Waals surface area contributed by atoms with Gasteiger partial charge in [0.1, 0.15) is 34.2 Å². The number of hydrogen-bond donors (Lipinski definition) is 3. The number of ether oxygens (including phenoxy) is 2. The number of benzene rings is 7. The average molecular weight is 792 g/mol. The third-order valence-electron chi connectivity index (χ3n) is 9.39. The number of para-hydroxylation sites is 2. The summed E-state index contributed by atoms with van der Waals surface area (Å²) < 4.78 is 16.2. The summed E-state index contributed by atoms with van der Waals surface area (Å²) in [5.41, 5.74) is 6.76. The molecule has 0 aliphatic carbocycles. The molecule has 0 saturated heterocycles. The van der Waals surface area contributed by atoms with Gasteiger partial charge in [-0.1, -0.05) is 128 Å². The fourth-order valence-corrected chi connectivity index (χ4v) is 6.50. The van der Waals surface area contributed by atoms with E-state index in [9.17, 15) is 5.11 Å². The van der Waals surface area contributed by atoms with Crippen molar-refractivity contribution in [2.75, 3.05) is 14.2 Å². The second kappa shape index (κ2) is 22.5. The summed E-state index contributed by atoms with van der Waals surface area (Å²) in [5, 5.41) is 25.3. The van der Waals surface area contributed by atoms with Crippen LogP contribution in [-0.2, 0) is 6.42 Å². The Kier molecular flexibility index (Phi) is 17.3. The van der Waals surface area contributed by atoms with Crippen molar-refractivity contribution >= 4 is 54.5 Å². The van der Waals surface area contributed by atoms with Crippen molar-refractivity contribution in [3.05, 3.63) is 157 Å². The van der Waals surface area contributed by atoms with Gasteiger partial charge in [-0.2, -0.15) is 0 Å². The third-order valence-corrected chi connectivity index (χ3v) is 9.39. The number of aromatic hydroxyl groups is 2. The lowest BCUT2D eigenvalue weighted by atomic mass is 9.99. The molecule has 0 atom stereocenters. The minimum atomic E-state index is 0.329. The number of phenols is 2. The highest BCUT2D eigenvalue weighted by Crippen LogP contribution is 2.33. The van der Waals surface area contributed by atoms with E-state index < -0.39 is 0 Å². The maximum absolute atomic E-state index is 9.31. The Balaban J connectivity index is 0.000000171. The monoisotopic (exact) mass is 791 g/mol. The number of furan rings is 1. The SMILES string of the molecule is CC.CC.CC(C)Cc1ccc(O)cc1.CC(C)c1ccc2cc(O)ccc2c1.COc1ccc2oc3ccc(OC)cc3c2c1.c1ccc2c(c1)[nH]c1ccccc12. The number of H-pyrrole nitrogens is 1. The Bertz CT molecular complexity index is 2520. The lowest BCUT2D eigenvalue weighted by Gasteiger charge is -2.06. The van der Waals surface area contributed by atoms with Crippen LogP contribution in [0.3, 0.4) is 0 Å². The van der Waals surface area contributed by atoms with Crippen LogP contribution in [0.4, 0.5) is 0 Å². The summed E-state index contributed by atoms with van der Waals surface area (Å²) in [6, 6.07) is 47.6. The van der Waals surface area contributed by atoms with Gasteiger partial charge in [0.05, 0.1) is 14.2 Å². The van der Waals surface area contributed by atoms with Gasteiger partial charge in [0, 0.05) is 32.6 Å². The highest BCUT2D eigenvalue weighted by atomic mass is 16.5. The Hall–Kier alpha value is -6.40. The molecule has 0 unspecified atom stereocenters. The van der Waals surface area contributed by atoms with Crippen LogP contribution in [0.5, 0.6) is 23.0 Å². The largest absolute Gasteiger partial charge is 0.508 e. The average Bonchev–Trinajstić information content (AvgIpc) is 3.84. The molecule has 0 aliphatic rings. The molecule has 2 aromatic heterocycles. The molecular formula is C53H61NO5. The van der Waals surface area contributed by atoms with Crippen LogP contribution in [0, 0.1) is 5.92 Å². The number of aromatic amines is 1. The first-order valence-corrected chi connectivity index (χ1v) is 20.6. The number of hydrogen-bond acceptors (Lipinski definition) is 5. The third kappa shape index (κ3) is 12.3. The quantitative estimate of drug-likeness (QED) is 0.162. The van der Waals surface area contributed by atoms with E-state index in [1.165, 1.54) is 38.3 Å². The molecule has 9 rings (SSSR count). The predicted molar refractivity (Wildman–Crippen MR) is 252 cm³/mol. The first-order valence-electron chi connectivity index (χ1n) is 20.6. The minimum absolute atomic E-state index is 0.329. The summed E-state index contributed by atoms with van der Waals surface area (Å²) in [7, 11) is 3.31. The summed E-state index contributed by atoms with van der Waals surface area (Å²) in [5.74, 6) is 3.55. The van der Waals surface area contributed by atoms with Gasteiger partial charge in [-0.15, -0.1) is 0 Å². The van der Waals surface area contributed by atoms with Crippen molar-refractivity contribution < 1.29 is 24.1 Å². The Morgan fingerprint density at radius 2 is 0.983 bits per heavy atom. The summed E-state index contributed by atoms with van der Waals surface area (Å²) in [6.45, 7) is 16.7.